The number of aromatic nitrogens is 2. The van der Waals surface area contributed by atoms with Gasteiger partial charge in [0.05, 0.1) is 11.5 Å². The van der Waals surface area contributed by atoms with Crippen LogP contribution in [0.3, 0.4) is 0 Å². The van der Waals surface area contributed by atoms with Gasteiger partial charge in [-0.05, 0) is 32.8 Å². The summed E-state index contributed by atoms with van der Waals surface area (Å²) in [6, 6.07) is 4.20. The van der Waals surface area contributed by atoms with E-state index in [1.165, 1.54) is 0 Å². The van der Waals surface area contributed by atoms with Crippen LogP contribution >= 0.6 is 0 Å². The summed E-state index contributed by atoms with van der Waals surface area (Å²) < 4.78 is 1.90. The summed E-state index contributed by atoms with van der Waals surface area (Å²) in [6.07, 6.45) is 5.64. The molecule has 70 valence electrons. The predicted octanol–water partition coefficient (Wildman–Crippen LogP) is 2.21. The average molecular weight is 177 g/mol. The molecule has 3 nitrogen and oxygen atoms in total. The Morgan fingerprint density at radius 1 is 1.54 bits per heavy atom. The Kier molecular flexibility index (Phi) is 3.07. The molecule has 1 aromatic rings. The van der Waals surface area contributed by atoms with Crippen molar-refractivity contribution >= 4 is 0 Å². The van der Waals surface area contributed by atoms with Crippen LogP contribution in [0.1, 0.15) is 26.7 Å². The van der Waals surface area contributed by atoms with Gasteiger partial charge >= 0.3 is 0 Å². The van der Waals surface area contributed by atoms with Crippen LogP contribution < -0.4 is 0 Å². The fourth-order valence-electron chi connectivity index (χ4n) is 1.17. The van der Waals surface area contributed by atoms with Gasteiger partial charge in [-0.3, -0.25) is 4.68 Å². The number of rotatable bonds is 4. The van der Waals surface area contributed by atoms with Crippen molar-refractivity contribution in [1.82, 2.24) is 9.78 Å². The SMILES string of the molecule is CC(C)(C#N)CCCn1cccn1. The quantitative estimate of drug-likeness (QED) is 0.707. The Labute approximate surface area is 79.0 Å². The van der Waals surface area contributed by atoms with Gasteiger partial charge in [-0.2, -0.15) is 10.4 Å². The number of aryl methyl sites for hydroxylation is 1. The third kappa shape index (κ3) is 3.29. The van der Waals surface area contributed by atoms with Gasteiger partial charge in [-0.1, -0.05) is 0 Å². The molecular weight excluding hydrogens is 162 g/mol. The summed E-state index contributed by atoms with van der Waals surface area (Å²) in [4.78, 5) is 0. The third-order valence-corrected chi connectivity index (χ3v) is 2.05. The summed E-state index contributed by atoms with van der Waals surface area (Å²) >= 11 is 0. The lowest BCUT2D eigenvalue weighted by atomic mass is 9.90. The van der Waals surface area contributed by atoms with Crippen LogP contribution in [0.4, 0.5) is 0 Å². The number of nitriles is 1. The predicted molar refractivity (Wildman–Crippen MR) is 50.9 cm³/mol. The number of hydrogen-bond donors (Lipinski definition) is 0. The monoisotopic (exact) mass is 177 g/mol. The highest BCUT2D eigenvalue weighted by atomic mass is 15.3. The minimum Gasteiger partial charge on any atom is -0.273 e. The van der Waals surface area contributed by atoms with Crippen molar-refractivity contribution in [3.05, 3.63) is 18.5 Å². The fraction of sp³-hybridized carbons (Fsp3) is 0.600. The van der Waals surface area contributed by atoms with Crippen LogP contribution in [0.5, 0.6) is 0 Å². The van der Waals surface area contributed by atoms with Crippen LogP contribution in [-0.2, 0) is 6.54 Å². The highest BCUT2D eigenvalue weighted by Gasteiger charge is 2.15. The lowest BCUT2D eigenvalue weighted by Crippen LogP contribution is -2.09. The molecule has 0 N–H and O–H groups in total. The van der Waals surface area contributed by atoms with E-state index >= 15 is 0 Å². The van der Waals surface area contributed by atoms with Crippen molar-refractivity contribution in [2.24, 2.45) is 5.41 Å². The molecule has 13 heavy (non-hydrogen) atoms. The molecule has 0 aliphatic rings. The molecule has 0 fully saturated rings. The molecule has 0 saturated heterocycles. The van der Waals surface area contributed by atoms with Crippen molar-refractivity contribution in [2.45, 2.75) is 33.2 Å². The molecule has 0 bridgehead atoms. The van der Waals surface area contributed by atoms with Gasteiger partial charge in [-0.25, -0.2) is 0 Å². The van der Waals surface area contributed by atoms with Gasteiger partial charge in [0.2, 0.25) is 0 Å². The molecule has 1 aromatic heterocycles. The third-order valence-electron chi connectivity index (χ3n) is 2.05. The Hall–Kier alpha value is -1.30. The molecule has 0 aliphatic heterocycles. The molecule has 1 rings (SSSR count). The highest BCUT2D eigenvalue weighted by molar-refractivity contribution is 4.91. The first kappa shape index (κ1) is 9.79. The van der Waals surface area contributed by atoms with Crippen molar-refractivity contribution in [3.63, 3.8) is 0 Å². The maximum Gasteiger partial charge on any atom is 0.0683 e. The molecular formula is C10H15N3. The zero-order valence-corrected chi connectivity index (χ0v) is 8.20. The van der Waals surface area contributed by atoms with Gasteiger partial charge in [-0.15, -0.1) is 0 Å². The van der Waals surface area contributed by atoms with Crippen molar-refractivity contribution in [2.75, 3.05) is 0 Å². The van der Waals surface area contributed by atoms with E-state index in [1.807, 2.05) is 30.8 Å². The normalized spacial score (nSPS) is 11.2. The second-order valence-electron chi connectivity index (χ2n) is 3.87. The molecule has 0 radical (unpaired) electrons. The van der Waals surface area contributed by atoms with Crippen LogP contribution in [0, 0.1) is 16.7 Å². The molecule has 0 aliphatic carbocycles. The molecule has 0 amide bonds. The molecule has 0 spiro atoms. The number of hydrogen-bond acceptors (Lipinski definition) is 2. The van der Waals surface area contributed by atoms with Crippen molar-refractivity contribution < 1.29 is 0 Å². The van der Waals surface area contributed by atoms with Crippen LogP contribution in [0.25, 0.3) is 0 Å². The first-order valence-electron chi connectivity index (χ1n) is 4.53. The number of nitrogens with zero attached hydrogens (tertiary/aromatic N) is 3. The second-order valence-corrected chi connectivity index (χ2v) is 3.87. The Morgan fingerprint density at radius 2 is 2.31 bits per heavy atom. The Balaban J connectivity index is 2.26. The Bertz CT molecular complexity index is 280. The van der Waals surface area contributed by atoms with E-state index in [4.69, 9.17) is 5.26 Å². The first-order chi connectivity index (χ1) is 6.14. The van der Waals surface area contributed by atoms with E-state index < -0.39 is 0 Å². The van der Waals surface area contributed by atoms with Crippen LogP contribution in [0.2, 0.25) is 0 Å². The minimum absolute atomic E-state index is 0.201. The first-order valence-corrected chi connectivity index (χ1v) is 4.53. The van der Waals surface area contributed by atoms with Gasteiger partial charge in [0.1, 0.15) is 0 Å². The molecule has 0 aromatic carbocycles. The topological polar surface area (TPSA) is 41.6 Å². The van der Waals surface area contributed by atoms with Gasteiger partial charge in [0.25, 0.3) is 0 Å². The van der Waals surface area contributed by atoms with E-state index in [0.29, 0.717) is 0 Å². The standard InChI is InChI=1S/C10H15N3/c1-10(2,9-11)5-3-7-13-8-4-6-12-13/h4,6,8H,3,5,7H2,1-2H3. The summed E-state index contributed by atoms with van der Waals surface area (Å²) in [5.74, 6) is 0. The lowest BCUT2D eigenvalue weighted by Gasteiger charge is -2.14. The van der Waals surface area contributed by atoms with Crippen molar-refractivity contribution in [3.8, 4) is 6.07 Å². The maximum absolute atomic E-state index is 8.78. The van der Waals surface area contributed by atoms with Gasteiger partial charge in [0.15, 0.2) is 0 Å². The highest BCUT2D eigenvalue weighted by Crippen LogP contribution is 2.20. The molecule has 0 unspecified atom stereocenters. The summed E-state index contributed by atoms with van der Waals surface area (Å²) in [5.41, 5.74) is -0.201. The maximum atomic E-state index is 8.78. The molecule has 0 saturated carbocycles. The lowest BCUT2D eigenvalue weighted by molar-refractivity contribution is 0.407. The fourth-order valence-corrected chi connectivity index (χ4v) is 1.17. The summed E-state index contributed by atoms with van der Waals surface area (Å²) in [6.45, 7) is 4.84. The molecule has 3 heteroatoms. The zero-order valence-electron chi connectivity index (χ0n) is 8.20. The van der Waals surface area contributed by atoms with Crippen molar-refractivity contribution in [1.29, 1.82) is 5.26 Å². The largest absolute Gasteiger partial charge is 0.273 e. The second kappa shape index (κ2) is 4.08. The Morgan fingerprint density at radius 3 is 2.85 bits per heavy atom. The van der Waals surface area contributed by atoms with E-state index in [-0.39, 0.29) is 5.41 Å². The van der Waals surface area contributed by atoms with E-state index in [1.54, 1.807) is 6.20 Å². The van der Waals surface area contributed by atoms with E-state index in [2.05, 4.69) is 11.2 Å². The smallest absolute Gasteiger partial charge is 0.0683 e. The van der Waals surface area contributed by atoms with Gasteiger partial charge < -0.3 is 0 Å². The average Bonchev–Trinajstić information content (AvgIpc) is 2.57. The summed E-state index contributed by atoms with van der Waals surface area (Å²) in [7, 11) is 0. The zero-order chi connectivity index (χ0) is 9.73. The van der Waals surface area contributed by atoms with E-state index in [0.717, 1.165) is 19.4 Å². The summed E-state index contributed by atoms with van der Waals surface area (Å²) in [5, 5.41) is 12.9. The van der Waals surface area contributed by atoms with Crippen LogP contribution in [-0.4, -0.2) is 9.78 Å². The molecule has 0 atom stereocenters. The minimum atomic E-state index is -0.201. The van der Waals surface area contributed by atoms with E-state index in [9.17, 15) is 0 Å². The van der Waals surface area contributed by atoms with Crippen LogP contribution in [0.15, 0.2) is 18.5 Å². The van der Waals surface area contributed by atoms with Gasteiger partial charge in [0, 0.05) is 18.9 Å². The molecule has 1 heterocycles.